The first kappa shape index (κ1) is 12.9. The van der Waals surface area contributed by atoms with Crippen LogP contribution in [0.2, 0.25) is 0 Å². The quantitative estimate of drug-likeness (QED) is 0.816. The Morgan fingerprint density at radius 1 is 1.30 bits per heavy atom. The first-order chi connectivity index (χ1) is 9.69. The predicted molar refractivity (Wildman–Crippen MR) is 75.8 cm³/mol. The minimum atomic E-state index is 0.252. The SMILES string of the molecule is COC1CCC(n2nnnc2-c2ccc(N)cc2N)C1. The number of methoxy groups -OCH3 is 1. The summed E-state index contributed by atoms with van der Waals surface area (Å²) >= 11 is 0. The third kappa shape index (κ3) is 2.20. The van der Waals surface area contributed by atoms with E-state index in [4.69, 9.17) is 16.2 Å². The molecule has 0 spiro atoms. The van der Waals surface area contributed by atoms with Crippen LogP contribution in [0.5, 0.6) is 0 Å². The number of hydrogen-bond donors (Lipinski definition) is 2. The maximum atomic E-state index is 6.02. The Bertz CT molecular complexity index is 611. The van der Waals surface area contributed by atoms with E-state index in [0.717, 1.165) is 24.8 Å². The highest BCUT2D eigenvalue weighted by Crippen LogP contribution is 2.34. The van der Waals surface area contributed by atoms with Crippen molar-refractivity contribution in [1.29, 1.82) is 0 Å². The average Bonchev–Trinajstić information content (AvgIpc) is 3.06. The third-order valence-corrected chi connectivity index (χ3v) is 3.85. The van der Waals surface area contributed by atoms with Gasteiger partial charge in [-0.15, -0.1) is 5.10 Å². The van der Waals surface area contributed by atoms with E-state index in [-0.39, 0.29) is 12.1 Å². The molecule has 2 unspecified atom stereocenters. The molecule has 7 nitrogen and oxygen atoms in total. The number of aromatic nitrogens is 4. The van der Waals surface area contributed by atoms with Crippen molar-refractivity contribution < 1.29 is 4.74 Å². The average molecular weight is 274 g/mol. The number of anilines is 2. The fourth-order valence-electron chi connectivity index (χ4n) is 2.76. The van der Waals surface area contributed by atoms with Gasteiger partial charge in [0.25, 0.3) is 0 Å². The van der Waals surface area contributed by atoms with E-state index >= 15 is 0 Å². The van der Waals surface area contributed by atoms with Crippen LogP contribution < -0.4 is 11.5 Å². The molecule has 0 amide bonds. The molecular formula is C13H18N6O. The topological polar surface area (TPSA) is 105 Å². The van der Waals surface area contributed by atoms with Crippen molar-refractivity contribution in [2.45, 2.75) is 31.4 Å². The fourth-order valence-corrected chi connectivity index (χ4v) is 2.76. The van der Waals surface area contributed by atoms with Crippen molar-refractivity contribution in [2.24, 2.45) is 0 Å². The van der Waals surface area contributed by atoms with Crippen LogP contribution >= 0.6 is 0 Å². The highest BCUT2D eigenvalue weighted by Gasteiger charge is 2.29. The zero-order valence-corrected chi connectivity index (χ0v) is 11.4. The first-order valence-electron chi connectivity index (χ1n) is 6.65. The lowest BCUT2D eigenvalue weighted by atomic mass is 10.1. The van der Waals surface area contributed by atoms with Crippen LogP contribution in [0, 0.1) is 0 Å². The number of nitrogens with zero attached hydrogens (tertiary/aromatic N) is 4. The van der Waals surface area contributed by atoms with Gasteiger partial charge in [0, 0.05) is 24.0 Å². The molecule has 0 aliphatic heterocycles. The van der Waals surface area contributed by atoms with Crippen LogP contribution in [0.25, 0.3) is 11.4 Å². The smallest absolute Gasteiger partial charge is 0.184 e. The van der Waals surface area contributed by atoms with Gasteiger partial charge < -0.3 is 16.2 Å². The number of nitrogens with two attached hydrogens (primary N) is 2. The minimum absolute atomic E-state index is 0.252. The molecule has 2 atom stereocenters. The summed E-state index contributed by atoms with van der Waals surface area (Å²) in [6.07, 6.45) is 3.23. The molecule has 0 saturated heterocycles. The van der Waals surface area contributed by atoms with Gasteiger partial charge >= 0.3 is 0 Å². The molecule has 1 aliphatic carbocycles. The standard InChI is InChI=1S/C13H18N6O/c1-20-10-4-3-9(7-10)19-13(16-17-18-19)11-5-2-8(14)6-12(11)15/h2,5-6,9-10H,3-4,7,14-15H2,1H3. The number of tetrazole rings is 1. The van der Waals surface area contributed by atoms with Gasteiger partial charge in [0.1, 0.15) is 0 Å². The maximum absolute atomic E-state index is 6.02. The number of nitrogen functional groups attached to an aromatic ring is 2. The van der Waals surface area contributed by atoms with Crippen LogP contribution in [-0.2, 0) is 4.74 Å². The summed E-state index contributed by atoms with van der Waals surface area (Å²) in [5.41, 5.74) is 13.8. The van der Waals surface area contributed by atoms with Crippen LogP contribution in [0.1, 0.15) is 25.3 Å². The van der Waals surface area contributed by atoms with Crippen molar-refractivity contribution in [1.82, 2.24) is 20.2 Å². The van der Waals surface area contributed by atoms with E-state index in [9.17, 15) is 0 Å². The molecule has 3 rings (SSSR count). The molecule has 4 N–H and O–H groups in total. The summed E-state index contributed by atoms with van der Waals surface area (Å²) in [7, 11) is 1.74. The van der Waals surface area contributed by atoms with Crippen molar-refractivity contribution in [3.63, 3.8) is 0 Å². The van der Waals surface area contributed by atoms with Crippen molar-refractivity contribution in [3.05, 3.63) is 18.2 Å². The number of hydrogen-bond acceptors (Lipinski definition) is 6. The maximum Gasteiger partial charge on any atom is 0.184 e. The Hall–Kier alpha value is -2.15. The summed E-state index contributed by atoms with van der Waals surface area (Å²) in [6, 6.07) is 5.63. The van der Waals surface area contributed by atoms with Gasteiger partial charge in [-0.3, -0.25) is 0 Å². The normalized spacial score (nSPS) is 22.2. The molecule has 0 radical (unpaired) electrons. The Balaban J connectivity index is 1.94. The molecule has 1 fully saturated rings. The van der Waals surface area contributed by atoms with E-state index in [1.165, 1.54) is 0 Å². The van der Waals surface area contributed by atoms with E-state index in [1.807, 2.05) is 10.7 Å². The molecule has 1 aliphatic rings. The highest BCUT2D eigenvalue weighted by molar-refractivity contribution is 5.74. The molecule has 1 aromatic heterocycles. The van der Waals surface area contributed by atoms with E-state index < -0.39 is 0 Å². The summed E-state index contributed by atoms with van der Waals surface area (Å²) in [5, 5.41) is 12.0. The van der Waals surface area contributed by atoms with Crippen molar-refractivity contribution in [2.75, 3.05) is 18.6 Å². The first-order valence-corrected chi connectivity index (χ1v) is 6.65. The van der Waals surface area contributed by atoms with Gasteiger partial charge in [0.2, 0.25) is 0 Å². The van der Waals surface area contributed by atoms with Gasteiger partial charge in [-0.2, -0.15) is 0 Å². The molecule has 1 heterocycles. The van der Waals surface area contributed by atoms with Gasteiger partial charge in [0.15, 0.2) is 5.82 Å². The fraction of sp³-hybridized carbons (Fsp3) is 0.462. The molecule has 1 saturated carbocycles. The third-order valence-electron chi connectivity index (χ3n) is 3.85. The Morgan fingerprint density at radius 3 is 2.85 bits per heavy atom. The van der Waals surface area contributed by atoms with Crippen LogP contribution in [0.3, 0.4) is 0 Å². The van der Waals surface area contributed by atoms with Crippen molar-refractivity contribution in [3.8, 4) is 11.4 Å². The zero-order valence-electron chi connectivity index (χ0n) is 11.4. The molecule has 1 aromatic carbocycles. The van der Waals surface area contributed by atoms with Gasteiger partial charge in [-0.25, -0.2) is 4.68 Å². The Kier molecular flexibility index (Phi) is 3.27. The Labute approximate surface area is 116 Å². The molecular weight excluding hydrogens is 256 g/mol. The lowest BCUT2D eigenvalue weighted by Crippen LogP contribution is -2.12. The summed E-state index contributed by atoms with van der Waals surface area (Å²) < 4.78 is 7.25. The Morgan fingerprint density at radius 2 is 2.15 bits per heavy atom. The second-order valence-corrected chi connectivity index (χ2v) is 5.12. The van der Waals surface area contributed by atoms with E-state index in [1.54, 1.807) is 19.2 Å². The molecule has 20 heavy (non-hydrogen) atoms. The zero-order chi connectivity index (χ0) is 14.1. The summed E-state index contributed by atoms with van der Waals surface area (Å²) in [6.45, 7) is 0. The molecule has 2 aromatic rings. The second kappa shape index (κ2) is 5.09. The lowest BCUT2D eigenvalue weighted by Gasteiger charge is -2.13. The monoisotopic (exact) mass is 274 g/mol. The number of ether oxygens (including phenoxy) is 1. The van der Waals surface area contributed by atoms with Gasteiger partial charge in [-0.1, -0.05) is 0 Å². The summed E-state index contributed by atoms with van der Waals surface area (Å²) in [5.74, 6) is 0.684. The summed E-state index contributed by atoms with van der Waals surface area (Å²) in [4.78, 5) is 0. The molecule has 106 valence electrons. The molecule has 7 heteroatoms. The van der Waals surface area contributed by atoms with Crippen LogP contribution in [0.4, 0.5) is 11.4 Å². The van der Waals surface area contributed by atoms with Crippen LogP contribution in [-0.4, -0.2) is 33.4 Å². The minimum Gasteiger partial charge on any atom is -0.399 e. The highest BCUT2D eigenvalue weighted by atomic mass is 16.5. The van der Waals surface area contributed by atoms with Crippen LogP contribution in [0.15, 0.2) is 18.2 Å². The van der Waals surface area contributed by atoms with Gasteiger partial charge in [0.05, 0.1) is 12.1 Å². The lowest BCUT2D eigenvalue weighted by molar-refractivity contribution is 0.105. The second-order valence-electron chi connectivity index (χ2n) is 5.12. The molecule has 0 bridgehead atoms. The van der Waals surface area contributed by atoms with E-state index in [0.29, 0.717) is 17.2 Å². The largest absolute Gasteiger partial charge is 0.399 e. The van der Waals surface area contributed by atoms with Crippen molar-refractivity contribution >= 4 is 11.4 Å². The van der Waals surface area contributed by atoms with Gasteiger partial charge in [-0.05, 0) is 47.9 Å². The number of benzene rings is 1. The van der Waals surface area contributed by atoms with E-state index in [2.05, 4.69) is 15.5 Å². The predicted octanol–water partition coefficient (Wildman–Crippen LogP) is 1.24. The number of rotatable bonds is 3.